The van der Waals surface area contributed by atoms with Crippen molar-refractivity contribution >= 4 is 5.69 Å². The number of rotatable bonds is 5. The van der Waals surface area contributed by atoms with Crippen molar-refractivity contribution in [3.8, 4) is 0 Å². The molecule has 0 heterocycles. The molecule has 2 heteroatoms. The molecule has 0 radical (unpaired) electrons. The molecule has 0 aromatic heterocycles. The van der Waals surface area contributed by atoms with Crippen LogP contribution in [-0.2, 0) is 6.42 Å². The quantitative estimate of drug-likeness (QED) is 0.436. The molecular weight excluding hydrogens is 172 g/mol. The minimum absolute atomic E-state index is 0.647. The van der Waals surface area contributed by atoms with Gasteiger partial charge in [-0.05, 0) is 18.1 Å². The lowest BCUT2D eigenvalue weighted by molar-refractivity contribution is 0.929. The highest BCUT2D eigenvalue weighted by molar-refractivity contribution is 5.53. The molecule has 0 amide bonds. The first-order chi connectivity index (χ1) is 6.79. The number of nitrogens with zero attached hydrogens (tertiary/aromatic N) is 1. The van der Waals surface area contributed by atoms with Gasteiger partial charge in [-0.25, -0.2) is 5.84 Å². The van der Waals surface area contributed by atoms with Gasteiger partial charge in [-0.3, -0.25) is 0 Å². The molecule has 0 aliphatic heterocycles. The minimum atomic E-state index is 0.647. The molecule has 0 spiro atoms. The maximum absolute atomic E-state index is 5.86. The van der Waals surface area contributed by atoms with E-state index >= 15 is 0 Å². The van der Waals surface area contributed by atoms with Gasteiger partial charge >= 0.3 is 0 Å². The second kappa shape index (κ2) is 5.25. The van der Waals surface area contributed by atoms with Gasteiger partial charge < -0.3 is 5.01 Å². The van der Waals surface area contributed by atoms with Crippen molar-refractivity contribution in [2.24, 2.45) is 5.84 Å². The standard InChI is InChI=1S/C12H16N2/c1-3-7-11-8-5-6-9-12(11)14(13)10-4-2/h3-6,8-9H,1-2,7,10,13H2. The average molecular weight is 188 g/mol. The smallest absolute Gasteiger partial charge is 0.0556 e. The summed E-state index contributed by atoms with van der Waals surface area (Å²) in [6, 6.07) is 8.04. The van der Waals surface area contributed by atoms with Crippen LogP contribution in [0.1, 0.15) is 5.56 Å². The fourth-order valence-corrected chi connectivity index (χ4v) is 1.36. The van der Waals surface area contributed by atoms with Crippen molar-refractivity contribution in [3.63, 3.8) is 0 Å². The van der Waals surface area contributed by atoms with E-state index in [1.165, 1.54) is 5.56 Å². The van der Waals surface area contributed by atoms with Gasteiger partial charge in [0.05, 0.1) is 12.2 Å². The predicted molar refractivity (Wildman–Crippen MR) is 62.1 cm³/mol. The number of hydrogen-bond acceptors (Lipinski definition) is 2. The van der Waals surface area contributed by atoms with Gasteiger partial charge in [-0.2, -0.15) is 0 Å². The van der Waals surface area contributed by atoms with Crippen molar-refractivity contribution in [1.82, 2.24) is 0 Å². The van der Waals surface area contributed by atoms with E-state index in [1.54, 1.807) is 11.1 Å². The molecule has 1 rings (SSSR count). The number of hydrazine groups is 1. The largest absolute Gasteiger partial charge is 0.307 e. The molecule has 0 aliphatic rings. The van der Waals surface area contributed by atoms with Gasteiger partial charge in [0.2, 0.25) is 0 Å². The van der Waals surface area contributed by atoms with Crippen molar-refractivity contribution in [3.05, 3.63) is 55.1 Å². The van der Waals surface area contributed by atoms with Crippen LogP contribution in [0.4, 0.5) is 5.69 Å². The van der Waals surface area contributed by atoms with E-state index in [-0.39, 0.29) is 0 Å². The van der Waals surface area contributed by atoms with Crippen LogP contribution in [0, 0.1) is 0 Å². The summed E-state index contributed by atoms with van der Waals surface area (Å²) in [7, 11) is 0. The van der Waals surface area contributed by atoms with Crippen molar-refractivity contribution in [2.75, 3.05) is 11.6 Å². The first kappa shape index (κ1) is 10.5. The third kappa shape index (κ3) is 2.47. The fraction of sp³-hybridized carbons (Fsp3) is 0.167. The lowest BCUT2D eigenvalue weighted by Crippen LogP contribution is -2.31. The summed E-state index contributed by atoms with van der Waals surface area (Å²) >= 11 is 0. The van der Waals surface area contributed by atoms with Gasteiger partial charge in [0.25, 0.3) is 0 Å². The summed E-state index contributed by atoms with van der Waals surface area (Å²) in [6.45, 7) is 8.03. The van der Waals surface area contributed by atoms with Crippen LogP contribution < -0.4 is 10.9 Å². The molecule has 2 N–H and O–H groups in total. The third-order valence-electron chi connectivity index (χ3n) is 1.99. The van der Waals surface area contributed by atoms with Crippen molar-refractivity contribution in [1.29, 1.82) is 0 Å². The molecule has 1 aromatic rings. The van der Waals surface area contributed by atoms with Crippen LogP contribution in [0.25, 0.3) is 0 Å². The Morgan fingerprint density at radius 2 is 1.93 bits per heavy atom. The van der Waals surface area contributed by atoms with Gasteiger partial charge in [-0.1, -0.05) is 30.4 Å². The molecular formula is C12H16N2. The van der Waals surface area contributed by atoms with Gasteiger partial charge in [0, 0.05) is 0 Å². The zero-order valence-corrected chi connectivity index (χ0v) is 8.32. The Hall–Kier alpha value is -1.54. The Morgan fingerprint density at radius 3 is 2.57 bits per heavy atom. The molecule has 0 saturated carbocycles. The Balaban J connectivity index is 2.92. The monoisotopic (exact) mass is 188 g/mol. The van der Waals surface area contributed by atoms with Crippen molar-refractivity contribution < 1.29 is 0 Å². The summed E-state index contributed by atoms with van der Waals surface area (Å²) in [6.07, 6.45) is 4.49. The van der Waals surface area contributed by atoms with Gasteiger partial charge in [0.15, 0.2) is 0 Å². The highest BCUT2D eigenvalue weighted by Crippen LogP contribution is 2.18. The fourth-order valence-electron chi connectivity index (χ4n) is 1.36. The SMILES string of the molecule is C=CCc1ccccc1N(N)CC=C. The summed E-state index contributed by atoms with van der Waals surface area (Å²) < 4.78 is 0. The van der Waals surface area contributed by atoms with Crippen LogP contribution in [0.5, 0.6) is 0 Å². The Kier molecular flexibility index (Phi) is 3.95. The topological polar surface area (TPSA) is 29.3 Å². The summed E-state index contributed by atoms with van der Waals surface area (Å²) in [4.78, 5) is 0. The first-order valence-electron chi connectivity index (χ1n) is 4.61. The van der Waals surface area contributed by atoms with Crippen LogP contribution in [0.3, 0.4) is 0 Å². The molecule has 0 aliphatic carbocycles. The Bertz CT molecular complexity index is 318. The zero-order chi connectivity index (χ0) is 10.4. The van der Waals surface area contributed by atoms with Gasteiger partial charge in [0.1, 0.15) is 0 Å². The maximum Gasteiger partial charge on any atom is 0.0556 e. The third-order valence-corrected chi connectivity index (χ3v) is 1.99. The molecule has 74 valence electrons. The van der Waals surface area contributed by atoms with E-state index in [2.05, 4.69) is 19.2 Å². The van der Waals surface area contributed by atoms with E-state index in [4.69, 9.17) is 5.84 Å². The molecule has 14 heavy (non-hydrogen) atoms. The zero-order valence-electron chi connectivity index (χ0n) is 8.32. The number of benzene rings is 1. The Morgan fingerprint density at radius 1 is 1.21 bits per heavy atom. The molecule has 0 saturated heterocycles. The van der Waals surface area contributed by atoms with Crippen LogP contribution in [-0.4, -0.2) is 6.54 Å². The van der Waals surface area contributed by atoms with E-state index in [0.29, 0.717) is 6.54 Å². The molecule has 2 nitrogen and oxygen atoms in total. The van der Waals surface area contributed by atoms with Crippen LogP contribution >= 0.6 is 0 Å². The number of hydrogen-bond donors (Lipinski definition) is 1. The predicted octanol–water partition coefficient (Wildman–Crippen LogP) is 2.28. The average Bonchev–Trinajstić information content (AvgIpc) is 2.19. The lowest BCUT2D eigenvalue weighted by atomic mass is 10.1. The summed E-state index contributed by atoms with van der Waals surface area (Å²) in [5.41, 5.74) is 2.22. The number of anilines is 1. The molecule has 0 atom stereocenters. The second-order valence-electron chi connectivity index (χ2n) is 3.06. The lowest BCUT2D eigenvalue weighted by Gasteiger charge is -2.19. The van der Waals surface area contributed by atoms with E-state index in [0.717, 1.165) is 12.1 Å². The highest BCUT2D eigenvalue weighted by Gasteiger charge is 2.03. The molecule has 1 aromatic carbocycles. The molecule has 0 fully saturated rings. The summed E-state index contributed by atoms with van der Waals surface area (Å²) in [5.74, 6) is 5.86. The highest BCUT2D eigenvalue weighted by atomic mass is 15.4. The van der Waals surface area contributed by atoms with Gasteiger partial charge in [-0.15, -0.1) is 13.2 Å². The first-order valence-corrected chi connectivity index (χ1v) is 4.61. The second-order valence-corrected chi connectivity index (χ2v) is 3.06. The summed E-state index contributed by atoms with van der Waals surface area (Å²) in [5, 5.41) is 1.69. The Labute approximate surface area is 85.3 Å². The maximum atomic E-state index is 5.86. The van der Waals surface area contributed by atoms with E-state index in [1.807, 2.05) is 24.3 Å². The van der Waals surface area contributed by atoms with E-state index in [9.17, 15) is 0 Å². The van der Waals surface area contributed by atoms with Crippen LogP contribution in [0.2, 0.25) is 0 Å². The normalized spacial score (nSPS) is 9.50. The number of para-hydroxylation sites is 1. The molecule has 0 unspecified atom stereocenters. The van der Waals surface area contributed by atoms with Crippen molar-refractivity contribution in [2.45, 2.75) is 6.42 Å². The minimum Gasteiger partial charge on any atom is -0.307 e. The van der Waals surface area contributed by atoms with E-state index < -0.39 is 0 Å². The molecule has 0 bridgehead atoms. The number of nitrogens with two attached hydrogens (primary N) is 1. The van der Waals surface area contributed by atoms with Crippen LogP contribution in [0.15, 0.2) is 49.6 Å². The number of allylic oxidation sites excluding steroid dienone is 1.